The lowest BCUT2D eigenvalue weighted by atomic mass is 9.63. The van der Waals surface area contributed by atoms with Gasteiger partial charge in [-0.2, -0.15) is 0 Å². The maximum absolute atomic E-state index is 13.7. The minimum atomic E-state index is -2.26. The highest BCUT2D eigenvalue weighted by Crippen LogP contribution is 2.51. The Morgan fingerprint density at radius 3 is 2.15 bits per heavy atom. The molecule has 1 amide bonds. The van der Waals surface area contributed by atoms with E-state index in [1.54, 1.807) is 12.1 Å². The number of thiocarbonyl (C=S) groups is 1. The molecule has 0 aliphatic carbocycles. The molecule has 0 spiro atoms. The van der Waals surface area contributed by atoms with Gasteiger partial charge in [0.25, 0.3) is 5.91 Å². The van der Waals surface area contributed by atoms with E-state index in [9.17, 15) is 9.59 Å². The molecule has 1 aliphatic heterocycles. The molecular weight excluding hydrogens is 486 g/mol. The molecule has 1 aromatic carbocycles. The summed E-state index contributed by atoms with van der Waals surface area (Å²) in [7, 11) is -2.26. The van der Waals surface area contributed by atoms with Crippen molar-refractivity contribution in [2.75, 3.05) is 0 Å². The Labute approximate surface area is 215 Å². The third-order valence-electron chi connectivity index (χ3n) is 6.95. The number of carbonyl (C=O) groups is 1. The Hall–Kier alpha value is -1.34. The van der Waals surface area contributed by atoms with Crippen LogP contribution in [0.2, 0.25) is 23.2 Å². The van der Waals surface area contributed by atoms with Crippen molar-refractivity contribution in [3.05, 3.63) is 40.9 Å². The molecule has 188 valence electrons. The molecular formula is C26H38ClNO4SSi. The molecule has 1 saturated heterocycles. The summed E-state index contributed by atoms with van der Waals surface area (Å²) in [4.78, 5) is 32.2. The SMILES string of the molecule is C[C@@H](C(=S)c1ccc(Cl)cc1)[C@@H]1N(OC(C)(C)C)C(=O)[C@]1(C=C=O)[C@@H](C)O[Si](C)(C)C(C)(C)C. The highest BCUT2D eigenvalue weighted by atomic mass is 35.5. The van der Waals surface area contributed by atoms with Crippen LogP contribution in [-0.2, 0) is 18.9 Å². The normalized spacial score (nSPS) is 23.1. The first-order chi connectivity index (χ1) is 15.4. The average Bonchev–Trinajstić information content (AvgIpc) is 2.69. The molecule has 0 radical (unpaired) electrons. The molecule has 1 aliphatic rings. The molecule has 34 heavy (non-hydrogen) atoms. The molecule has 4 atom stereocenters. The van der Waals surface area contributed by atoms with Gasteiger partial charge in [0.1, 0.15) is 11.4 Å². The van der Waals surface area contributed by atoms with E-state index in [1.165, 1.54) is 11.1 Å². The van der Waals surface area contributed by atoms with Crippen molar-refractivity contribution >= 4 is 48.8 Å². The van der Waals surface area contributed by atoms with E-state index in [2.05, 4.69) is 33.9 Å². The Kier molecular flexibility index (Phi) is 8.46. The van der Waals surface area contributed by atoms with Crippen LogP contribution in [0.4, 0.5) is 0 Å². The molecule has 0 aromatic heterocycles. The van der Waals surface area contributed by atoms with Crippen molar-refractivity contribution < 1.29 is 18.9 Å². The van der Waals surface area contributed by atoms with Gasteiger partial charge < -0.3 is 4.43 Å². The van der Waals surface area contributed by atoms with Crippen molar-refractivity contribution in [2.45, 2.75) is 91.3 Å². The largest absolute Gasteiger partial charge is 0.413 e. The molecule has 1 heterocycles. The second kappa shape index (κ2) is 9.96. The summed E-state index contributed by atoms with van der Waals surface area (Å²) < 4.78 is 6.66. The lowest BCUT2D eigenvalue weighted by molar-refractivity contribution is -0.303. The molecule has 0 unspecified atom stereocenters. The van der Waals surface area contributed by atoms with Crippen LogP contribution < -0.4 is 0 Å². The van der Waals surface area contributed by atoms with E-state index in [0.717, 1.165) is 5.56 Å². The Bertz CT molecular complexity index is 976. The number of hydrogen-bond donors (Lipinski definition) is 0. The van der Waals surface area contributed by atoms with Gasteiger partial charge in [0.2, 0.25) is 0 Å². The standard InChI is InChI=1S/C26H38ClNO4SSi/c1-17(21(33)19-11-13-20(27)14-12-19)22-26(15-16-29,23(30)28(22)32-24(3,4)5)18(2)31-34(9,10)25(6,7)8/h11-15,17-18,22H,1-10H3/t17-,18+,22-,26+/m0/s1. The summed E-state index contributed by atoms with van der Waals surface area (Å²) in [5.74, 6) is 1.27. The zero-order valence-electron chi connectivity index (χ0n) is 22.0. The van der Waals surface area contributed by atoms with Gasteiger partial charge in [-0.05, 0) is 63.5 Å². The van der Waals surface area contributed by atoms with Crippen LogP contribution in [0.5, 0.6) is 0 Å². The summed E-state index contributed by atoms with van der Waals surface area (Å²) >= 11 is 11.9. The van der Waals surface area contributed by atoms with Crippen molar-refractivity contribution in [1.29, 1.82) is 0 Å². The first kappa shape index (κ1) is 28.9. The first-order valence-corrected chi connectivity index (χ1v) is 15.3. The van der Waals surface area contributed by atoms with E-state index >= 15 is 0 Å². The van der Waals surface area contributed by atoms with E-state index in [1.807, 2.05) is 52.7 Å². The van der Waals surface area contributed by atoms with E-state index in [0.29, 0.717) is 9.89 Å². The van der Waals surface area contributed by atoms with Crippen molar-refractivity contribution in [3.63, 3.8) is 0 Å². The summed E-state index contributed by atoms with van der Waals surface area (Å²) in [5.41, 5.74) is -1.02. The predicted molar refractivity (Wildman–Crippen MR) is 144 cm³/mol. The van der Waals surface area contributed by atoms with Crippen LogP contribution in [0, 0.1) is 11.3 Å². The predicted octanol–water partition coefficient (Wildman–Crippen LogP) is 6.42. The third kappa shape index (κ3) is 5.56. The fourth-order valence-electron chi connectivity index (χ4n) is 4.09. The van der Waals surface area contributed by atoms with Gasteiger partial charge in [0.15, 0.2) is 8.32 Å². The van der Waals surface area contributed by atoms with Gasteiger partial charge in [-0.25, -0.2) is 9.86 Å². The maximum atomic E-state index is 13.7. The number of hydroxylamine groups is 2. The zero-order valence-corrected chi connectivity index (χ0v) is 24.6. The van der Waals surface area contributed by atoms with Crippen LogP contribution in [0.3, 0.4) is 0 Å². The highest BCUT2D eigenvalue weighted by Gasteiger charge is 2.67. The molecule has 0 bridgehead atoms. The minimum absolute atomic E-state index is 0.0680. The van der Waals surface area contributed by atoms with Crippen LogP contribution in [0.1, 0.15) is 61.0 Å². The van der Waals surface area contributed by atoms with Crippen LogP contribution in [0.15, 0.2) is 30.3 Å². The van der Waals surface area contributed by atoms with Crippen molar-refractivity contribution in [3.8, 4) is 0 Å². The second-order valence-electron chi connectivity index (χ2n) is 11.7. The number of rotatable bonds is 8. The van der Waals surface area contributed by atoms with Gasteiger partial charge in [-0.1, -0.05) is 63.6 Å². The number of carbonyl (C=O) groups excluding carboxylic acids is 2. The maximum Gasteiger partial charge on any atom is 0.262 e. The Morgan fingerprint density at radius 1 is 1.18 bits per heavy atom. The smallest absolute Gasteiger partial charge is 0.262 e. The molecule has 0 saturated carbocycles. The second-order valence-corrected chi connectivity index (χ2v) is 17.3. The number of halogens is 1. The van der Waals surface area contributed by atoms with Crippen molar-refractivity contribution in [2.24, 2.45) is 11.3 Å². The number of β-lactam (4-membered cyclic amide) rings is 1. The lowest BCUT2D eigenvalue weighted by Crippen LogP contribution is -2.76. The number of amides is 1. The summed E-state index contributed by atoms with van der Waals surface area (Å²) in [6.45, 7) is 20.1. The average molecular weight is 524 g/mol. The van der Waals surface area contributed by atoms with Gasteiger partial charge in [0, 0.05) is 21.9 Å². The fourth-order valence-corrected chi connectivity index (χ4v) is 5.92. The number of hydrogen-bond acceptors (Lipinski definition) is 5. The summed E-state index contributed by atoms with van der Waals surface area (Å²) in [6.07, 6.45) is 0.754. The molecule has 2 rings (SSSR count). The fraction of sp³-hybridized carbons (Fsp3) is 0.615. The van der Waals surface area contributed by atoms with Gasteiger partial charge >= 0.3 is 0 Å². The minimum Gasteiger partial charge on any atom is -0.413 e. The van der Waals surface area contributed by atoms with E-state index < -0.39 is 31.5 Å². The first-order valence-electron chi connectivity index (χ1n) is 11.6. The van der Waals surface area contributed by atoms with E-state index in [4.69, 9.17) is 33.1 Å². The number of nitrogens with zero attached hydrogens (tertiary/aromatic N) is 1. The molecule has 5 nitrogen and oxygen atoms in total. The molecule has 8 heteroatoms. The van der Waals surface area contributed by atoms with E-state index in [-0.39, 0.29) is 16.9 Å². The molecule has 1 aromatic rings. The van der Waals surface area contributed by atoms with Crippen molar-refractivity contribution in [1.82, 2.24) is 5.06 Å². The zero-order chi connectivity index (χ0) is 26.3. The highest BCUT2D eigenvalue weighted by molar-refractivity contribution is 7.80. The lowest BCUT2D eigenvalue weighted by Gasteiger charge is -2.59. The Morgan fingerprint density at radius 2 is 1.71 bits per heavy atom. The Balaban J connectivity index is 2.57. The number of benzene rings is 1. The topological polar surface area (TPSA) is 55.8 Å². The monoisotopic (exact) mass is 523 g/mol. The quantitative estimate of drug-likeness (QED) is 0.129. The van der Waals surface area contributed by atoms with Crippen LogP contribution in [-0.4, -0.2) is 47.8 Å². The molecule has 0 N–H and O–H groups in total. The van der Waals surface area contributed by atoms with Crippen LogP contribution >= 0.6 is 23.8 Å². The van der Waals surface area contributed by atoms with Gasteiger partial charge in [-0.3, -0.25) is 9.63 Å². The van der Waals surface area contributed by atoms with Gasteiger partial charge in [0.05, 0.1) is 17.7 Å². The molecule has 1 fully saturated rings. The summed E-state index contributed by atoms with van der Waals surface area (Å²) in [6, 6.07) is 6.76. The summed E-state index contributed by atoms with van der Waals surface area (Å²) in [5, 5.41) is 1.93. The van der Waals surface area contributed by atoms with Crippen LogP contribution in [0.25, 0.3) is 0 Å². The van der Waals surface area contributed by atoms with Gasteiger partial charge in [-0.15, -0.1) is 0 Å². The third-order valence-corrected chi connectivity index (χ3v) is 12.4.